The summed E-state index contributed by atoms with van der Waals surface area (Å²) in [5, 5.41) is 0. The fourth-order valence-electron chi connectivity index (χ4n) is 2.44. The Kier molecular flexibility index (Phi) is 5.18. The van der Waals surface area contributed by atoms with Crippen LogP contribution in [0.2, 0.25) is 0 Å². The fourth-order valence-corrected chi connectivity index (χ4v) is 2.44. The molecule has 0 unspecified atom stereocenters. The highest BCUT2D eigenvalue weighted by Crippen LogP contribution is 2.18. The summed E-state index contributed by atoms with van der Waals surface area (Å²) in [5.74, 6) is 0.280. The maximum Gasteiger partial charge on any atom is 0.419 e. The quantitative estimate of drug-likeness (QED) is 0.487. The lowest BCUT2D eigenvalue weighted by Gasteiger charge is -2.07. The fraction of sp³-hybridized carbons (Fsp3) is 0.263. The molecule has 6 nitrogen and oxygen atoms in total. The van der Waals surface area contributed by atoms with E-state index in [1.165, 1.54) is 4.57 Å². The maximum absolute atomic E-state index is 12.0. The van der Waals surface area contributed by atoms with Gasteiger partial charge in [0.1, 0.15) is 11.5 Å². The summed E-state index contributed by atoms with van der Waals surface area (Å²) in [6, 6.07) is 14.0. The van der Waals surface area contributed by atoms with E-state index < -0.39 is 11.7 Å². The van der Waals surface area contributed by atoms with E-state index >= 15 is 0 Å². The molecular formula is C19H19NO5. The number of esters is 1. The molecule has 0 amide bonds. The number of fused-ring (bicyclic) bond motifs is 1. The molecule has 1 heterocycles. The van der Waals surface area contributed by atoms with E-state index in [0.717, 1.165) is 12.2 Å². The van der Waals surface area contributed by atoms with E-state index in [-0.39, 0.29) is 13.0 Å². The molecule has 0 N–H and O–H groups in total. The number of ether oxygens (including phenoxy) is 2. The first-order valence-corrected chi connectivity index (χ1v) is 8.19. The number of para-hydroxylation sites is 2. The van der Waals surface area contributed by atoms with Crippen LogP contribution in [0.3, 0.4) is 0 Å². The molecule has 0 saturated heterocycles. The monoisotopic (exact) mass is 341 g/mol. The Morgan fingerprint density at radius 1 is 1.08 bits per heavy atom. The lowest BCUT2D eigenvalue weighted by molar-refractivity contribution is -0.134. The zero-order valence-corrected chi connectivity index (χ0v) is 13.9. The van der Waals surface area contributed by atoms with Crippen LogP contribution in [0.1, 0.15) is 19.8 Å². The third kappa shape index (κ3) is 4.09. The molecular weight excluding hydrogens is 322 g/mol. The Hall–Kier alpha value is -3.02. The second-order valence-electron chi connectivity index (χ2n) is 5.53. The van der Waals surface area contributed by atoms with Crippen LogP contribution in [0.25, 0.3) is 11.1 Å². The molecule has 0 saturated carbocycles. The van der Waals surface area contributed by atoms with Crippen molar-refractivity contribution in [1.29, 1.82) is 0 Å². The van der Waals surface area contributed by atoms with Gasteiger partial charge in [0.15, 0.2) is 5.58 Å². The van der Waals surface area contributed by atoms with Gasteiger partial charge in [-0.15, -0.1) is 0 Å². The highest BCUT2D eigenvalue weighted by atomic mass is 16.5. The standard InChI is InChI=1S/C19H19NO5/c1-2-13-23-14-7-9-15(10-8-14)24-18(21)11-12-20-16-5-3-4-6-17(16)25-19(20)22/h3-10H,2,11-13H2,1H3. The van der Waals surface area contributed by atoms with Crippen LogP contribution in [0.5, 0.6) is 11.5 Å². The Morgan fingerprint density at radius 2 is 1.80 bits per heavy atom. The zero-order valence-electron chi connectivity index (χ0n) is 13.9. The number of benzene rings is 2. The number of carbonyl (C=O) groups is 1. The third-order valence-corrected chi connectivity index (χ3v) is 3.64. The summed E-state index contributed by atoms with van der Waals surface area (Å²) in [6.45, 7) is 2.88. The molecule has 0 bridgehead atoms. The van der Waals surface area contributed by atoms with Crippen LogP contribution in [0, 0.1) is 0 Å². The van der Waals surface area contributed by atoms with Crippen molar-refractivity contribution in [2.24, 2.45) is 0 Å². The minimum atomic E-state index is -0.480. The van der Waals surface area contributed by atoms with Crippen molar-refractivity contribution in [3.8, 4) is 11.5 Å². The van der Waals surface area contributed by atoms with Crippen molar-refractivity contribution >= 4 is 17.1 Å². The number of aryl methyl sites for hydroxylation is 1. The number of oxazole rings is 1. The molecule has 25 heavy (non-hydrogen) atoms. The van der Waals surface area contributed by atoms with Gasteiger partial charge in [-0.3, -0.25) is 9.36 Å². The molecule has 3 aromatic rings. The molecule has 0 spiro atoms. The van der Waals surface area contributed by atoms with Crippen LogP contribution >= 0.6 is 0 Å². The van der Waals surface area contributed by atoms with Gasteiger partial charge in [-0.05, 0) is 42.8 Å². The molecule has 1 aromatic heterocycles. The van der Waals surface area contributed by atoms with Crippen molar-refractivity contribution in [2.75, 3.05) is 6.61 Å². The van der Waals surface area contributed by atoms with E-state index in [2.05, 4.69) is 0 Å². The number of aromatic nitrogens is 1. The molecule has 0 aliphatic heterocycles. The van der Waals surface area contributed by atoms with E-state index in [0.29, 0.717) is 23.5 Å². The van der Waals surface area contributed by atoms with Gasteiger partial charge in [-0.1, -0.05) is 19.1 Å². The summed E-state index contributed by atoms with van der Waals surface area (Å²) < 4.78 is 17.3. The van der Waals surface area contributed by atoms with Crippen LogP contribution in [-0.2, 0) is 11.3 Å². The normalized spacial score (nSPS) is 10.8. The highest BCUT2D eigenvalue weighted by Gasteiger charge is 2.11. The molecule has 2 aromatic carbocycles. The minimum absolute atomic E-state index is 0.0670. The summed E-state index contributed by atoms with van der Waals surface area (Å²) in [5.41, 5.74) is 1.17. The second-order valence-corrected chi connectivity index (χ2v) is 5.53. The van der Waals surface area contributed by atoms with Gasteiger partial charge in [0, 0.05) is 6.54 Å². The maximum atomic E-state index is 12.0. The third-order valence-electron chi connectivity index (χ3n) is 3.64. The van der Waals surface area contributed by atoms with E-state index in [1.807, 2.05) is 13.0 Å². The van der Waals surface area contributed by atoms with Gasteiger partial charge in [0.25, 0.3) is 0 Å². The number of hydrogen-bond donors (Lipinski definition) is 0. The topological polar surface area (TPSA) is 70.7 Å². The first-order valence-electron chi connectivity index (χ1n) is 8.19. The SMILES string of the molecule is CCCOc1ccc(OC(=O)CCn2c(=O)oc3ccccc32)cc1. The zero-order chi connectivity index (χ0) is 17.6. The number of hydrogen-bond acceptors (Lipinski definition) is 5. The van der Waals surface area contributed by atoms with Crippen molar-refractivity contribution in [3.05, 3.63) is 59.1 Å². The van der Waals surface area contributed by atoms with Gasteiger partial charge in [-0.25, -0.2) is 4.79 Å². The molecule has 130 valence electrons. The Balaban J connectivity index is 1.59. The molecule has 3 rings (SSSR count). The highest BCUT2D eigenvalue weighted by molar-refractivity contribution is 5.74. The molecule has 0 radical (unpaired) electrons. The van der Waals surface area contributed by atoms with E-state index in [1.54, 1.807) is 42.5 Å². The predicted molar refractivity (Wildman–Crippen MR) is 93.0 cm³/mol. The molecule has 6 heteroatoms. The first kappa shape index (κ1) is 16.8. The van der Waals surface area contributed by atoms with Gasteiger partial charge in [-0.2, -0.15) is 0 Å². The molecule has 0 atom stereocenters. The van der Waals surface area contributed by atoms with Crippen molar-refractivity contribution in [1.82, 2.24) is 4.57 Å². The summed E-state index contributed by atoms with van der Waals surface area (Å²) in [7, 11) is 0. The van der Waals surface area contributed by atoms with Crippen molar-refractivity contribution in [3.63, 3.8) is 0 Å². The average Bonchev–Trinajstić information content (AvgIpc) is 2.94. The predicted octanol–water partition coefficient (Wildman–Crippen LogP) is 3.38. The number of carbonyl (C=O) groups excluding carboxylic acids is 1. The average molecular weight is 341 g/mol. The first-order chi connectivity index (χ1) is 12.2. The van der Waals surface area contributed by atoms with Gasteiger partial charge in [0.2, 0.25) is 0 Å². The van der Waals surface area contributed by atoms with Crippen LogP contribution < -0.4 is 15.2 Å². The molecule has 0 fully saturated rings. The van der Waals surface area contributed by atoms with Gasteiger partial charge in [0.05, 0.1) is 18.5 Å². The summed E-state index contributed by atoms with van der Waals surface area (Å²) in [6.07, 6.45) is 0.996. The van der Waals surface area contributed by atoms with Crippen LogP contribution in [-0.4, -0.2) is 17.1 Å². The Bertz CT molecular complexity index is 907. The lowest BCUT2D eigenvalue weighted by atomic mass is 10.3. The van der Waals surface area contributed by atoms with Crippen molar-refractivity contribution in [2.45, 2.75) is 26.3 Å². The largest absolute Gasteiger partial charge is 0.494 e. The number of nitrogens with zero attached hydrogens (tertiary/aromatic N) is 1. The van der Waals surface area contributed by atoms with Crippen LogP contribution in [0.15, 0.2) is 57.7 Å². The van der Waals surface area contributed by atoms with Gasteiger partial charge >= 0.3 is 11.7 Å². The smallest absolute Gasteiger partial charge is 0.419 e. The van der Waals surface area contributed by atoms with E-state index in [4.69, 9.17) is 13.9 Å². The van der Waals surface area contributed by atoms with E-state index in [9.17, 15) is 9.59 Å². The molecule has 0 aliphatic carbocycles. The summed E-state index contributed by atoms with van der Waals surface area (Å²) >= 11 is 0. The number of rotatable bonds is 7. The summed E-state index contributed by atoms with van der Waals surface area (Å²) in [4.78, 5) is 23.9. The Labute approximate surface area is 144 Å². The lowest BCUT2D eigenvalue weighted by Crippen LogP contribution is -2.18. The second kappa shape index (κ2) is 7.70. The Morgan fingerprint density at radius 3 is 2.56 bits per heavy atom. The minimum Gasteiger partial charge on any atom is -0.494 e. The van der Waals surface area contributed by atoms with Crippen LogP contribution in [0.4, 0.5) is 0 Å². The van der Waals surface area contributed by atoms with Crippen molar-refractivity contribution < 1.29 is 18.7 Å². The van der Waals surface area contributed by atoms with Gasteiger partial charge < -0.3 is 13.9 Å². The molecule has 0 aliphatic rings.